The number of aromatic nitrogens is 2. The van der Waals surface area contributed by atoms with Gasteiger partial charge in [0.1, 0.15) is 0 Å². The summed E-state index contributed by atoms with van der Waals surface area (Å²) in [5, 5.41) is 3.29. The normalized spacial score (nSPS) is 13.3. The molecule has 130 valence electrons. The first-order valence-electron chi connectivity index (χ1n) is 8.49. The van der Waals surface area contributed by atoms with Crippen LogP contribution in [0.5, 0.6) is 0 Å². The SMILES string of the molecule is Cc1nc(-c2ccccc2)ccc1C(=O)Nc1nc2c(s1)C(=O)CCC2. The number of anilines is 1. The van der Waals surface area contributed by atoms with Crippen LogP contribution in [0.4, 0.5) is 5.13 Å². The molecular weight excluding hydrogens is 346 g/mol. The van der Waals surface area contributed by atoms with Gasteiger partial charge in [-0.1, -0.05) is 41.7 Å². The minimum atomic E-state index is -0.256. The van der Waals surface area contributed by atoms with Gasteiger partial charge in [0.2, 0.25) is 0 Å². The van der Waals surface area contributed by atoms with Crippen molar-refractivity contribution in [3.8, 4) is 11.3 Å². The highest BCUT2D eigenvalue weighted by Gasteiger charge is 2.23. The smallest absolute Gasteiger partial charge is 0.259 e. The van der Waals surface area contributed by atoms with E-state index in [-0.39, 0.29) is 11.7 Å². The van der Waals surface area contributed by atoms with Crippen LogP contribution < -0.4 is 5.32 Å². The number of benzene rings is 1. The third kappa shape index (κ3) is 3.15. The summed E-state index contributed by atoms with van der Waals surface area (Å²) < 4.78 is 0. The van der Waals surface area contributed by atoms with Crippen molar-refractivity contribution in [2.45, 2.75) is 26.2 Å². The molecule has 0 bridgehead atoms. The van der Waals surface area contributed by atoms with E-state index in [0.717, 1.165) is 29.8 Å². The van der Waals surface area contributed by atoms with Crippen LogP contribution in [-0.2, 0) is 6.42 Å². The van der Waals surface area contributed by atoms with Gasteiger partial charge in [-0.3, -0.25) is 19.9 Å². The Morgan fingerprint density at radius 3 is 2.62 bits per heavy atom. The van der Waals surface area contributed by atoms with E-state index in [2.05, 4.69) is 15.3 Å². The zero-order chi connectivity index (χ0) is 18.1. The molecule has 1 aromatic carbocycles. The van der Waals surface area contributed by atoms with Gasteiger partial charge in [-0.25, -0.2) is 4.98 Å². The van der Waals surface area contributed by atoms with Crippen LogP contribution >= 0.6 is 11.3 Å². The molecule has 0 saturated carbocycles. The lowest BCUT2D eigenvalue weighted by Crippen LogP contribution is -2.14. The number of nitrogens with one attached hydrogen (secondary N) is 1. The molecular formula is C20H17N3O2S. The van der Waals surface area contributed by atoms with Crippen LogP contribution in [0.25, 0.3) is 11.3 Å². The number of carbonyl (C=O) groups is 2. The Hall–Kier alpha value is -2.86. The van der Waals surface area contributed by atoms with E-state index in [1.807, 2.05) is 43.3 Å². The van der Waals surface area contributed by atoms with Crippen molar-refractivity contribution in [3.63, 3.8) is 0 Å². The number of fused-ring (bicyclic) bond motifs is 1. The lowest BCUT2D eigenvalue weighted by atomic mass is 10.0. The molecule has 1 amide bonds. The molecule has 0 radical (unpaired) electrons. The number of Topliss-reactive ketones (excluding diaryl/α,β-unsaturated/α-hetero) is 1. The van der Waals surface area contributed by atoms with Crippen LogP contribution in [0, 0.1) is 6.92 Å². The minimum Gasteiger partial charge on any atom is -0.298 e. The molecule has 4 rings (SSSR count). The summed E-state index contributed by atoms with van der Waals surface area (Å²) >= 11 is 1.26. The number of ketones is 1. The van der Waals surface area contributed by atoms with E-state index in [9.17, 15) is 9.59 Å². The number of nitrogens with zero attached hydrogens (tertiary/aromatic N) is 2. The number of rotatable bonds is 3. The first-order valence-corrected chi connectivity index (χ1v) is 9.31. The van der Waals surface area contributed by atoms with Crippen LogP contribution in [0.3, 0.4) is 0 Å². The first-order chi connectivity index (χ1) is 12.6. The Balaban J connectivity index is 1.56. The topological polar surface area (TPSA) is 72.0 Å². The van der Waals surface area contributed by atoms with Gasteiger partial charge >= 0.3 is 0 Å². The highest BCUT2D eigenvalue weighted by molar-refractivity contribution is 7.17. The molecule has 0 fully saturated rings. The Kier molecular flexibility index (Phi) is 4.34. The molecule has 2 heterocycles. The van der Waals surface area contributed by atoms with Crippen molar-refractivity contribution in [1.29, 1.82) is 0 Å². The maximum atomic E-state index is 12.6. The van der Waals surface area contributed by atoms with Gasteiger partial charge in [0.25, 0.3) is 5.91 Å². The number of pyridine rings is 1. The molecule has 0 saturated heterocycles. The fourth-order valence-electron chi connectivity index (χ4n) is 3.06. The lowest BCUT2D eigenvalue weighted by molar-refractivity contribution is 0.0975. The van der Waals surface area contributed by atoms with Gasteiger partial charge in [0, 0.05) is 12.0 Å². The van der Waals surface area contributed by atoms with E-state index in [0.29, 0.717) is 27.7 Å². The summed E-state index contributed by atoms with van der Waals surface area (Å²) in [6, 6.07) is 13.5. The number of thiazole rings is 1. The summed E-state index contributed by atoms with van der Waals surface area (Å²) in [4.78, 5) is 34.2. The van der Waals surface area contributed by atoms with Gasteiger partial charge in [0.05, 0.1) is 27.5 Å². The van der Waals surface area contributed by atoms with Gasteiger partial charge in [-0.15, -0.1) is 0 Å². The Morgan fingerprint density at radius 1 is 1.08 bits per heavy atom. The summed E-state index contributed by atoms with van der Waals surface area (Å²) in [5.41, 5.74) is 3.80. The van der Waals surface area contributed by atoms with Gasteiger partial charge < -0.3 is 0 Å². The number of amides is 1. The number of carbonyl (C=O) groups excluding carboxylic acids is 2. The molecule has 6 heteroatoms. The molecule has 2 aromatic heterocycles. The molecule has 0 atom stereocenters. The highest BCUT2D eigenvalue weighted by atomic mass is 32.1. The molecule has 0 aliphatic heterocycles. The molecule has 5 nitrogen and oxygen atoms in total. The van der Waals surface area contributed by atoms with Crippen molar-refractivity contribution in [2.24, 2.45) is 0 Å². The lowest BCUT2D eigenvalue weighted by Gasteiger charge is -2.07. The first kappa shape index (κ1) is 16.6. The van der Waals surface area contributed by atoms with Crippen molar-refractivity contribution < 1.29 is 9.59 Å². The molecule has 1 aliphatic carbocycles. The van der Waals surface area contributed by atoms with E-state index in [4.69, 9.17) is 0 Å². The second-order valence-corrected chi connectivity index (χ2v) is 7.22. The number of hydrogen-bond acceptors (Lipinski definition) is 5. The third-order valence-electron chi connectivity index (χ3n) is 4.39. The van der Waals surface area contributed by atoms with Crippen molar-refractivity contribution in [1.82, 2.24) is 9.97 Å². The van der Waals surface area contributed by atoms with Crippen molar-refractivity contribution in [2.75, 3.05) is 5.32 Å². The molecule has 1 aliphatic rings. The Morgan fingerprint density at radius 2 is 1.88 bits per heavy atom. The summed E-state index contributed by atoms with van der Waals surface area (Å²) in [5.74, 6) is -0.137. The second kappa shape index (κ2) is 6.80. The average molecular weight is 363 g/mol. The highest BCUT2D eigenvalue weighted by Crippen LogP contribution is 2.30. The van der Waals surface area contributed by atoms with Crippen LogP contribution in [0.2, 0.25) is 0 Å². The summed E-state index contributed by atoms with van der Waals surface area (Å²) in [6.45, 7) is 1.82. The Bertz CT molecular complexity index is 996. The van der Waals surface area contributed by atoms with Gasteiger partial charge in [-0.2, -0.15) is 0 Å². The Labute approximate surface area is 155 Å². The van der Waals surface area contributed by atoms with Crippen LogP contribution in [0.1, 0.15) is 44.3 Å². The van der Waals surface area contributed by atoms with Gasteiger partial charge in [-0.05, 0) is 31.9 Å². The molecule has 3 aromatic rings. The molecule has 1 N–H and O–H groups in total. The van der Waals surface area contributed by atoms with Crippen LogP contribution in [-0.4, -0.2) is 21.7 Å². The third-order valence-corrected chi connectivity index (χ3v) is 5.44. The predicted molar refractivity (Wildman–Crippen MR) is 102 cm³/mol. The minimum absolute atomic E-state index is 0.120. The van der Waals surface area contributed by atoms with Gasteiger partial charge in [0.15, 0.2) is 10.9 Å². The van der Waals surface area contributed by atoms with E-state index >= 15 is 0 Å². The largest absolute Gasteiger partial charge is 0.298 e. The second-order valence-electron chi connectivity index (χ2n) is 6.22. The molecule has 26 heavy (non-hydrogen) atoms. The summed E-state index contributed by atoms with van der Waals surface area (Å²) in [6.07, 6.45) is 2.18. The fraction of sp³-hybridized carbons (Fsp3) is 0.200. The van der Waals surface area contributed by atoms with Crippen LogP contribution in [0.15, 0.2) is 42.5 Å². The number of hydrogen-bond donors (Lipinski definition) is 1. The molecule has 0 spiro atoms. The standard InChI is InChI=1S/C20H17N3O2S/c1-12-14(10-11-15(21-12)13-6-3-2-4-7-13)19(25)23-20-22-16-8-5-9-17(24)18(16)26-20/h2-4,6-7,10-11H,5,8-9H2,1H3,(H,22,23,25). The average Bonchev–Trinajstić information content (AvgIpc) is 3.06. The van der Waals surface area contributed by atoms with Crippen molar-refractivity contribution in [3.05, 3.63) is 64.3 Å². The maximum Gasteiger partial charge on any atom is 0.259 e. The van der Waals surface area contributed by atoms with Crippen molar-refractivity contribution >= 4 is 28.2 Å². The molecule has 0 unspecified atom stereocenters. The monoisotopic (exact) mass is 363 g/mol. The summed E-state index contributed by atoms with van der Waals surface area (Å²) in [7, 11) is 0. The maximum absolute atomic E-state index is 12.6. The van der Waals surface area contributed by atoms with E-state index < -0.39 is 0 Å². The zero-order valence-corrected chi connectivity index (χ0v) is 15.1. The van der Waals surface area contributed by atoms with E-state index in [1.165, 1.54) is 11.3 Å². The predicted octanol–water partition coefficient (Wildman–Crippen LogP) is 4.28. The zero-order valence-electron chi connectivity index (χ0n) is 14.3. The van der Waals surface area contributed by atoms with E-state index in [1.54, 1.807) is 6.07 Å². The quantitative estimate of drug-likeness (QED) is 0.754. The number of aryl methyl sites for hydroxylation is 2. The fourth-order valence-corrected chi connectivity index (χ4v) is 4.03.